The summed E-state index contributed by atoms with van der Waals surface area (Å²) in [5.41, 5.74) is 2.79. The summed E-state index contributed by atoms with van der Waals surface area (Å²) in [4.78, 5) is 23.6. The molecule has 0 fully saturated rings. The SMILES string of the molecule is CCc1ccc(C[NH+](C)CC(=O)Nc2ccc([N+](=O)[O-])cc2OC)cc1. The minimum absolute atomic E-state index is 0.0851. The lowest BCUT2D eigenvalue weighted by Gasteiger charge is -2.15. The van der Waals surface area contributed by atoms with Crippen molar-refractivity contribution in [3.8, 4) is 5.75 Å². The highest BCUT2D eigenvalue weighted by Gasteiger charge is 2.16. The number of aryl methyl sites for hydroxylation is 1. The standard InChI is InChI=1S/C19H23N3O4/c1-4-14-5-7-15(8-6-14)12-21(2)13-19(23)20-17-10-9-16(22(24)25)11-18(17)26-3/h5-11H,4,12-13H2,1-3H3,(H,20,23)/p+1. The number of nitrogens with zero attached hydrogens (tertiary/aromatic N) is 1. The molecule has 7 nitrogen and oxygen atoms in total. The predicted octanol–water partition coefficient (Wildman–Crippen LogP) is 1.82. The van der Waals surface area contributed by atoms with Gasteiger partial charge in [-0.25, -0.2) is 0 Å². The lowest BCUT2D eigenvalue weighted by atomic mass is 10.1. The summed E-state index contributed by atoms with van der Waals surface area (Å²) in [7, 11) is 3.35. The summed E-state index contributed by atoms with van der Waals surface area (Å²) in [5.74, 6) is 0.0835. The predicted molar refractivity (Wildman–Crippen MR) is 99.6 cm³/mol. The minimum atomic E-state index is -0.504. The van der Waals surface area contributed by atoms with Crippen molar-refractivity contribution < 1.29 is 19.4 Å². The number of methoxy groups -OCH3 is 1. The highest BCUT2D eigenvalue weighted by molar-refractivity contribution is 5.93. The van der Waals surface area contributed by atoms with Gasteiger partial charge in [0.2, 0.25) is 0 Å². The van der Waals surface area contributed by atoms with Crippen molar-refractivity contribution in [2.75, 3.05) is 26.0 Å². The van der Waals surface area contributed by atoms with Crippen LogP contribution in [0.15, 0.2) is 42.5 Å². The number of hydrogen-bond donors (Lipinski definition) is 2. The quantitative estimate of drug-likeness (QED) is 0.557. The number of nitro benzene ring substituents is 1. The first kappa shape index (κ1) is 19.4. The van der Waals surface area contributed by atoms with E-state index in [0.717, 1.165) is 17.9 Å². The molecule has 2 rings (SSSR count). The Hall–Kier alpha value is -2.93. The van der Waals surface area contributed by atoms with Crippen molar-refractivity contribution in [1.29, 1.82) is 0 Å². The van der Waals surface area contributed by atoms with Crippen LogP contribution in [0.4, 0.5) is 11.4 Å². The highest BCUT2D eigenvalue weighted by atomic mass is 16.6. The molecule has 0 radical (unpaired) electrons. The van der Waals surface area contributed by atoms with Gasteiger partial charge in [0.15, 0.2) is 6.54 Å². The number of nitrogens with one attached hydrogen (secondary N) is 2. The van der Waals surface area contributed by atoms with Crippen LogP contribution in [-0.2, 0) is 17.8 Å². The molecule has 0 saturated heterocycles. The van der Waals surface area contributed by atoms with Crippen molar-refractivity contribution in [2.24, 2.45) is 0 Å². The molecule has 1 unspecified atom stereocenters. The van der Waals surface area contributed by atoms with E-state index in [-0.39, 0.29) is 23.9 Å². The normalized spacial score (nSPS) is 11.7. The smallest absolute Gasteiger partial charge is 0.279 e. The molecule has 0 saturated carbocycles. The second-order valence-corrected chi connectivity index (χ2v) is 6.17. The highest BCUT2D eigenvalue weighted by Crippen LogP contribution is 2.28. The molecule has 2 N–H and O–H groups in total. The van der Waals surface area contributed by atoms with Crippen molar-refractivity contribution in [2.45, 2.75) is 19.9 Å². The lowest BCUT2D eigenvalue weighted by Crippen LogP contribution is -3.08. The molecule has 0 aromatic heterocycles. The van der Waals surface area contributed by atoms with Gasteiger partial charge in [0.25, 0.3) is 11.6 Å². The van der Waals surface area contributed by atoms with Gasteiger partial charge in [0.05, 0.1) is 30.8 Å². The van der Waals surface area contributed by atoms with Gasteiger partial charge in [-0.2, -0.15) is 0 Å². The van der Waals surface area contributed by atoms with Crippen LogP contribution in [0.1, 0.15) is 18.1 Å². The zero-order valence-electron chi connectivity index (χ0n) is 15.2. The summed E-state index contributed by atoms with van der Waals surface area (Å²) in [6.07, 6.45) is 1.00. The van der Waals surface area contributed by atoms with Crippen LogP contribution >= 0.6 is 0 Å². The van der Waals surface area contributed by atoms with Crippen LogP contribution in [-0.4, -0.2) is 31.5 Å². The van der Waals surface area contributed by atoms with E-state index in [1.54, 1.807) is 0 Å². The Kier molecular flexibility index (Phi) is 6.68. The van der Waals surface area contributed by atoms with E-state index in [1.807, 2.05) is 7.05 Å². The molecular formula is C19H24N3O4+. The number of non-ortho nitro benzene ring substituents is 1. The third-order valence-corrected chi connectivity index (χ3v) is 4.07. The molecule has 0 bridgehead atoms. The molecule has 0 aliphatic rings. The maximum absolute atomic E-state index is 12.3. The van der Waals surface area contributed by atoms with Gasteiger partial charge in [0, 0.05) is 11.6 Å². The summed E-state index contributed by atoms with van der Waals surface area (Å²) < 4.78 is 5.13. The Labute approximate surface area is 152 Å². The number of amides is 1. The van der Waals surface area contributed by atoms with Crippen LogP contribution in [0.5, 0.6) is 5.75 Å². The Balaban J connectivity index is 1.95. The maximum atomic E-state index is 12.3. The fourth-order valence-corrected chi connectivity index (χ4v) is 2.67. The van der Waals surface area contributed by atoms with Gasteiger partial charge in [-0.3, -0.25) is 14.9 Å². The van der Waals surface area contributed by atoms with Crippen molar-refractivity contribution >= 4 is 17.3 Å². The van der Waals surface area contributed by atoms with Gasteiger partial charge in [-0.15, -0.1) is 0 Å². The van der Waals surface area contributed by atoms with E-state index in [9.17, 15) is 14.9 Å². The molecule has 1 amide bonds. The Morgan fingerprint density at radius 2 is 1.85 bits per heavy atom. The Bertz CT molecular complexity index is 775. The van der Waals surface area contributed by atoms with Crippen molar-refractivity contribution in [1.82, 2.24) is 0 Å². The van der Waals surface area contributed by atoms with Crippen molar-refractivity contribution in [3.63, 3.8) is 0 Å². The number of nitro groups is 1. The Morgan fingerprint density at radius 1 is 1.19 bits per heavy atom. The molecule has 2 aromatic rings. The molecule has 0 aliphatic carbocycles. The summed E-state index contributed by atoms with van der Waals surface area (Å²) in [5, 5.41) is 13.6. The van der Waals surface area contributed by atoms with Crippen molar-refractivity contribution in [3.05, 3.63) is 63.7 Å². The van der Waals surface area contributed by atoms with Crippen LogP contribution in [0, 0.1) is 10.1 Å². The fourth-order valence-electron chi connectivity index (χ4n) is 2.67. The molecular weight excluding hydrogens is 334 g/mol. The Morgan fingerprint density at radius 3 is 2.42 bits per heavy atom. The van der Waals surface area contributed by atoms with Crippen LogP contribution in [0.3, 0.4) is 0 Å². The van der Waals surface area contributed by atoms with Gasteiger partial charge >= 0.3 is 0 Å². The molecule has 0 aliphatic heterocycles. The average molecular weight is 358 g/mol. The average Bonchev–Trinajstić information content (AvgIpc) is 2.62. The van der Waals surface area contributed by atoms with E-state index < -0.39 is 4.92 Å². The first-order valence-corrected chi connectivity index (χ1v) is 8.44. The third kappa shape index (κ3) is 5.29. The molecule has 26 heavy (non-hydrogen) atoms. The number of quaternary nitrogens is 1. The van der Waals surface area contributed by atoms with E-state index >= 15 is 0 Å². The van der Waals surface area contributed by atoms with Crippen LogP contribution < -0.4 is 15.0 Å². The van der Waals surface area contributed by atoms with Gasteiger partial charge in [-0.05, 0) is 18.1 Å². The fraction of sp³-hybridized carbons (Fsp3) is 0.316. The van der Waals surface area contributed by atoms with E-state index in [0.29, 0.717) is 5.69 Å². The molecule has 0 heterocycles. The number of carbonyl (C=O) groups excluding carboxylic acids is 1. The first-order valence-electron chi connectivity index (χ1n) is 8.44. The topological polar surface area (TPSA) is 85.9 Å². The number of likely N-dealkylation sites (N-methyl/N-ethyl adjacent to an activating group) is 1. The lowest BCUT2D eigenvalue weighted by molar-refractivity contribution is -0.885. The minimum Gasteiger partial charge on any atom is -0.494 e. The van der Waals surface area contributed by atoms with E-state index in [4.69, 9.17) is 4.74 Å². The summed E-state index contributed by atoms with van der Waals surface area (Å²) >= 11 is 0. The maximum Gasteiger partial charge on any atom is 0.279 e. The molecule has 138 valence electrons. The molecule has 0 spiro atoms. The van der Waals surface area contributed by atoms with E-state index in [1.165, 1.54) is 36.4 Å². The largest absolute Gasteiger partial charge is 0.494 e. The second kappa shape index (κ2) is 8.96. The number of carbonyl (C=O) groups is 1. The number of rotatable bonds is 8. The van der Waals surface area contributed by atoms with E-state index in [2.05, 4.69) is 36.5 Å². The molecule has 7 heteroatoms. The van der Waals surface area contributed by atoms with Gasteiger partial charge < -0.3 is 15.0 Å². The summed E-state index contributed by atoms with van der Waals surface area (Å²) in [6.45, 7) is 3.12. The first-order chi connectivity index (χ1) is 12.4. The van der Waals surface area contributed by atoms with Crippen LogP contribution in [0.2, 0.25) is 0 Å². The second-order valence-electron chi connectivity index (χ2n) is 6.17. The van der Waals surface area contributed by atoms with Gasteiger partial charge in [-0.1, -0.05) is 31.2 Å². The molecule has 1 atom stereocenters. The zero-order chi connectivity index (χ0) is 19.1. The number of anilines is 1. The number of hydrogen-bond acceptors (Lipinski definition) is 4. The molecule has 2 aromatic carbocycles. The van der Waals surface area contributed by atoms with Crippen LogP contribution in [0.25, 0.3) is 0 Å². The summed E-state index contributed by atoms with van der Waals surface area (Å²) in [6, 6.07) is 12.5. The zero-order valence-corrected chi connectivity index (χ0v) is 15.2. The number of ether oxygens (including phenoxy) is 1. The van der Waals surface area contributed by atoms with Gasteiger partial charge in [0.1, 0.15) is 12.3 Å². The number of benzene rings is 2. The third-order valence-electron chi connectivity index (χ3n) is 4.07. The monoisotopic (exact) mass is 358 g/mol.